The first-order valence-corrected chi connectivity index (χ1v) is 11.8. The number of hydrogen-bond acceptors (Lipinski definition) is 4. The Balaban J connectivity index is 1.60. The van der Waals surface area contributed by atoms with Crippen molar-refractivity contribution in [3.05, 3.63) is 0 Å². The molecule has 4 aliphatic rings. The van der Waals surface area contributed by atoms with Crippen molar-refractivity contribution in [2.24, 2.45) is 51.5 Å². The van der Waals surface area contributed by atoms with Gasteiger partial charge in [-0.2, -0.15) is 0 Å². The molecule has 4 saturated carbocycles. The number of nitrogens with zero attached hydrogens (tertiary/aromatic N) is 1. The second-order valence-corrected chi connectivity index (χ2v) is 11.3. The van der Waals surface area contributed by atoms with Gasteiger partial charge < -0.3 is 15.4 Å². The monoisotopic (exact) mass is 405 g/mol. The molecular formula is C24H39NO4. The van der Waals surface area contributed by atoms with Crippen LogP contribution in [-0.2, 0) is 4.79 Å². The fourth-order valence-electron chi connectivity index (χ4n) is 8.57. The largest absolute Gasteiger partial charge is 0.481 e. The number of carbonyl (C=O) groups is 1. The average Bonchev–Trinajstić information content (AvgIpc) is 3.03. The Labute approximate surface area is 175 Å². The van der Waals surface area contributed by atoms with E-state index < -0.39 is 5.97 Å². The fraction of sp³-hybridized carbons (Fsp3) is 0.917. The lowest BCUT2D eigenvalue weighted by molar-refractivity contribution is -0.137. The third-order valence-corrected chi connectivity index (χ3v) is 10.2. The lowest BCUT2D eigenvalue weighted by Gasteiger charge is -2.61. The number of rotatable bonds is 4. The number of aliphatic carboxylic acids is 1. The Morgan fingerprint density at radius 3 is 2.52 bits per heavy atom. The van der Waals surface area contributed by atoms with Crippen molar-refractivity contribution in [1.29, 1.82) is 0 Å². The predicted octanol–water partition coefficient (Wildman–Crippen LogP) is 4.95. The van der Waals surface area contributed by atoms with E-state index in [1.807, 2.05) is 0 Å². The number of carboxylic acids is 1. The van der Waals surface area contributed by atoms with Crippen LogP contribution in [0.2, 0.25) is 0 Å². The van der Waals surface area contributed by atoms with Crippen molar-refractivity contribution < 1.29 is 20.2 Å². The van der Waals surface area contributed by atoms with Crippen LogP contribution in [0.25, 0.3) is 0 Å². The van der Waals surface area contributed by atoms with Gasteiger partial charge in [-0.1, -0.05) is 25.9 Å². The summed E-state index contributed by atoms with van der Waals surface area (Å²) in [5.41, 5.74) is 1.44. The van der Waals surface area contributed by atoms with Gasteiger partial charge >= 0.3 is 5.97 Å². The van der Waals surface area contributed by atoms with Crippen molar-refractivity contribution in [1.82, 2.24) is 0 Å². The van der Waals surface area contributed by atoms with Gasteiger partial charge in [0.15, 0.2) is 0 Å². The molecule has 0 aromatic carbocycles. The summed E-state index contributed by atoms with van der Waals surface area (Å²) in [6.45, 7) is 7.13. The van der Waals surface area contributed by atoms with E-state index in [0.717, 1.165) is 37.8 Å². The number of oxime groups is 1. The summed E-state index contributed by atoms with van der Waals surface area (Å²) in [5, 5.41) is 33.2. The van der Waals surface area contributed by atoms with Crippen molar-refractivity contribution in [3.8, 4) is 0 Å². The van der Waals surface area contributed by atoms with Crippen LogP contribution in [0.1, 0.15) is 85.0 Å². The van der Waals surface area contributed by atoms with Gasteiger partial charge in [-0.15, -0.1) is 0 Å². The molecule has 3 N–H and O–H groups in total. The van der Waals surface area contributed by atoms with Crippen molar-refractivity contribution in [2.45, 2.75) is 91.1 Å². The molecule has 0 radical (unpaired) electrons. The minimum Gasteiger partial charge on any atom is -0.481 e. The first-order chi connectivity index (χ1) is 13.7. The van der Waals surface area contributed by atoms with E-state index in [4.69, 9.17) is 5.11 Å². The van der Waals surface area contributed by atoms with Gasteiger partial charge in [-0.3, -0.25) is 4.79 Å². The maximum Gasteiger partial charge on any atom is 0.303 e. The van der Waals surface area contributed by atoms with Crippen molar-refractivity contribution in [2.75, 3.05) is 0 Å². The molecule has 0 saturated heterocycles. The molecule has 0 bridgehead atoms. The summed E-state index contributed by atoms with van der Waals surface area (Å²) >= 11 is 0. The molecule has 9 atom stereocenters. The smallest absolute Gasteiger partial charge is 0.303 e. The molecule has 0 amide bonds. The van der Waals surface area contributed by atoms with Gasteiger partial charge in [0.25, 0.3) is 0 Å². The molecule has 5 heteroatoms. The first-order valence-electron chi connectivity index (χ1n) is 11.8. The first kappa shape index (κ1) is 21.1. The van der Waals surface area contributed by atoms with Crippen LogP contribution < -0.4 is 0 Å². The molecule has 164 valence electrons. The lowest BCUT2D eigenvalue weighted by Crippen LogP contribution is -2.57. The third-order valence-electron chi connectivity index (χ3n) is 10.2. The van der Waals surface area contributed by atoms with E-state index in [9.17, 15) is 15.1 Å². The van der Waals surface area contributed by atoms with E-state index in [0.29, 0.717) is 35.5 Å². The van der Waals surface area contributed by atoms with Crippen molar-refractivity contribution in [3.63, 3.8) is 0 Å². The zero-order chi connectivity index (χ0) is 21.0. The average molecular weight is 406 g/mol. The molecule has 0 aromatic heterocycles. The van der Waals surface area contributed by atoms with Crippen LogP contribution >= 0.6 is 0 Å². The molecule has 4 aliphatic carbocycles. The normalized spacial score (nSPS) is 49.2. The summed E-state index contributed by atoms with van der Waals surface area (Å²) in [5.74, 6) is 2.15. The standard InChI is InChI=1S/C24H39NO4/c1-14(4-7-21(27)28)17-5-6-18-22-19(9-11-24(17,18)3)23(2)10-8-16(26)12-15(23)13-20(22)25-29/h14-19,22,26,29H,4-13H2,1-3H3,(H,27,28). The fourth-order valence-corrected chi connectivity index (χ4v) is 8.57. The van der Waals surface area contributed by atoms with Gasteiger partial charge in [0.1, 0.15) is 0 Å². The highest BCUT2D eigenvalue weighted by molar-refractivity contribution is 5.88. The van der Waals surface area contributed by atoms with Gasteiger partial charge in [-0.25, -0.2) is 0 Å². The quantitative estimate of drug-likeness (QED) is 0.456. The maximum atomic E-state index is 11.1. The minimum absolute atomic E-state index is 0.204. The zero-order valence-electron chi connectivity index (χ0n) is 18.3. The van der Waals surface area contributed by atoms with Gasteiger partial charge in [-0.05, 0) is 98.2 Å². The Bertz CT molecular complexity index is 678. The summed E-state index contributed by atoms with van der Waals surface area (Å²) in [6, 6.07) is 0. The summed E-state index contributed by atoms with van der Waals surface area (Å²) in [7, 11) is 0. The van der Waals surface area contributed by atoms with E-state index in [1.54, 1.807) is 0 Å². The number of carboxylic acid groups (broad SMARTS) is 1. The molecule has 5 nitrogen and oxygen atoms in total. The zero-order valence-corrected chi connectivity index (χ0v) is 18.3. The van der Waals surface area contributed by atoms with Crippen LogP contribution in [0.5, 0.6) is 0 Å². The Kier molecular flexibility index (Phi) is 5.50. The Hall–Kier alpha value is -1.10. The van der Waals surface area contributed by atoms with Gasteiger partial charge in [0, 0.05) is 12.3 Å². The highest BCUT2D eigenvalue weighted by atomic mass is 16.4. The summed E-state index contributed by atoms with van der Waals surface area (Å²) in [4.78, 5) is 11.1. The van der Waals surface area contributed by atoms with Gasteiger partial charge in [0.2, 0.25) is 0 Å². The molecule has 0 heterocycles. The van der Waals surface area contributed by atoms with Gasteiger partial charge in [0.05, 0.1) is 11.8 Å². The highest BCUT2D eigenvalue weighted by Gasteiger charge is 2.62. The molecule has 4 fully saturated rings. The molecule has 29 heavy (non-hydrogen) atoms. The number of hydrogen-bond donors (Lipinski definition) is 3. The van der Waals surface area contributed by atoms with Crippen LogP contribution in [0.3, 0.4) is 0 Å². The van der Waals surface area contributed by atoms with E-state index in [-0.39, 0.29) is 23.4 Å². The van der Waals surface area contributed by atoms with Crippen LogP contribution in [0.15, 0.2) is 5.16 Å². The molecular weight excluding hydrogens is 366 g/mol. The maximum absolute atomic E-state index is 11.1. The predicted molar refractivity (Wildman–Crippen MR) is 112 cm³/mol. The number of aliphatic hydroxyl groups is 1. The highest BCUT2D eigenvalue weighted by Crippen LogP contribution is 2.67. The molecule has 0 aromatic rings. The molecule has 0 aliphatic heterocycles. The summed E-state index contributed by atoms with van der Waals surface area (Å²) < 4.78 is 0. The van der Waals surface area contributed by atoms with Crippen LogP contribution in [0, 0.1) is 46.3 Å². The second-order valence-electron chi connectivity index (χ2n) is 11.3. The number of fused-ring (bicyclic) bond motifs is 5. The molecule has 0 spiro atoms. The summed E-state index contributed by atoms with van der Waals surface area (Å²) in [6.07, 6.45) is 9.18. The molecule has 4 rings (SSSR count). The van der Waals surface area contributed by atoms with Crippen LogP contribution in [-0.4, -0.2) is 33.2 Å². The topological polar surface area (TPSA) is 90.1 Å². The van der Waals surface area contributed by atoms with Crippen molar-refractivity contribution >= 4 is 11.7 Å². The van der Waals surface area contributed by atoms with E-state index in [2.05, 4.69) is 25.9 Å². The Morgan fingerprint density at radius 1 is 1.14 bits per heavy atom. The third kappa shape index (κ3) is 3.32. The SMILES string of the molecule is CC(CCC(=O)O)C1CCC2C3C(=NO)CC4CC(O)CCC4(C)C3CCC12C. The molecule has 9 unspecified atom stereocenters. The van der Waals surface area contributed by atoms with E-state index in [1.165, 1.54) is 25.7 Å². The van der Waals surface area contributed by atoms with E-state index >= 15 is 0 Å². The second kappa shape index (κ2) is 7.55. The number of aliphatic hydroxyl groups excluding tert-OH is 1. The minimum atomic E-state index is -0.694. The van der Waals surface area contributed by atoms with Crippen LogP contribution in [0.4, 0.5) is 0 Å². The Morgan fingerprint density at radius 2 is 1.83 bits per heavy atom. The lowest BCUT2D eigenvalue weighted by atomic mass is 9.44.